The van der Waals surface area contributed by atoms with Crippen LogP contribution in [0.2, 0.25) is 0 Å². The fraction of sp³-hybridized carbons (Fsp3) is 0.471. The number of aromatic amines is 1. The maximum atomic E-state index is 12.4. The molecule has 2 heterocycles. The van der Waals surface area contributed by atoms with Crippen molar-refractivity contribution >= 4 is 16.9 Å². The van der Waals surface area contributed by atoms with Crippen LogP contribution in [0.1, 0.15) is 55.6 Å². The van der Waals surface area contributed by atoms with Crippen molar-refractivity contribution in [1.82, 2.24) is 15.3 Å². The van der Waals surface area contributed by atoms with Crippen molar-refractivity contribution in [2.75, 3.05) is 0 Å². The molecular weight excluding hydrogens is 276 g/mol. The molecule has 1 amide bonds. The molecule has 0 aliphatic heterocycles. The molecule has 114 valence electrons. The van der Waals surface area contributed by atoms with Crippen molar-refractivity contribution in [2.24, 2.45) is 5.41 Å². The van der Waals surface area contributed by atoms with Gasteiger partial charge in [0.15, 0.2) is 0 Å². The Morgan fingerprint density at radius 1 is 1.45 bits per heavy atom. The molecule has 1 aliphatic carbocycles. The van der Waals surface area contributed by atoms with E-state index in [0.717, 1.165) is 25.7 Å². The lowest BCUT2D eigenvalue weighted by atomic mass is 9.75. The summed E-state index contributed by atoms with van der Waals surface area (Å²) in [6.07, 6.45) is 5.86. The van der Waals surface area contributed by atoms with E-state index in [1.165, 1.54) is 0 Å². The summed E-state index contributed by atoms with van der Waals surface area (Å²) >= 11 is 0. The van der Waals surface area contributed by atoms with E-state index in [1.54, 1.807) is 18.3 Å². The molecule has 5 nitrogen and oxygen atoms in total. The lowest BCUT2D eigenvalue weighted by Gasteiger charge is -2.34. The minimum Gasteiger partial charge on any atom is -0.348 e. The average Bonchev–Trinajstić information content (AvgIpc) is 2.93. The van der Waals surface area contributed by atoms with Gasteiger partial charge in [0.2, 0.25) is 0 Å². The van der Waals surface area contributed by atoms with Crippen LogP contribution in [0, 0.1) is 16.7 Å². The van der Waals surface area contributed by atoms with Crippen molar-refractivity contribution in [3.8, 4) is 6.07 Å². The number of aromatic nitrogens is 2. The van der Waals surface area contributed by atoms with Crippen LogP contribution in [0.3, 0.4) is 0 Å². The Labute approximate surface area is 129 Å². The number of hydrogen-bond donors (Lipinski definition) is 2. The number of amides is 1. The predicted octanol–water partition coefficient (Wildman–Crippen LogP) is 3.13. The molecule has 1 aliphatic rings. The molecule has 22 heavy (non-hydrogen) atoms. The molecule has 2 aromatic heterocycles. The molecule has 2 N–H and O–H groups in total. The van der Waals surface area contributed by atoms with Gasteiger partial charge in [-0.2, -0.15) is 5.26 Å². The fourth-order valence-corrected chi connectivity index (χ4v) is 3.05. The first-order valence-electron chi connectivity index (χ1n) is 7.67. The number of pyridine rings is 1. The molecule has 0 unspecified atom stereocenters. The Kier molecular flexibility index (Phi) is 3.61. The standard InChI is InChI=1S/C17H20N4O/c1-17(2)6-3-12(4-7-17)20-16(22)14-9-13-11(10-18)5-8-19-15(13)21-14/h5,8-9,12H,3-4,6-7H2,1-2H3,(H,19,21)(H,20,22). The van der Waals surface area contributed by atoms with Gasteiger partial charge in [0.25, 0.3) is 5.91 Å². The van der Waals surface area contributed by atoms with E-state index in [9.17, 15) is 4.79 Å². The van der Waals surface area contributed by atoms with Gasteiger partial charge < -0.3 is 10.3 Å². The molecule has 0 radical (unpaired) electrons. The summed E-state index contributed by atoms with van der Waals surface area (Å²) < 4.78 is 0. The van der Waals surface area contributed by atoms with E-state index < -0.39 is 0 Å². The number of hydrogen-bond acceptors (Lipinski definition) is 3. The van der Waals surface area contributed by atoms with Crippen LogP contribution in [-0.2, 0) is 0 Å². The van der Waals surface area contributed by atoms with Gasteiger partial charge in [0.05, 0.1) is 11.6 Å². The number of nitriles is 1. The molecule has 2 aromatic rings. The average molecular weight is 296 g/mol. The Hall–Kier alpha value is -2.35. The predicted molar refractivity (Wildman–Crippen MR) is 84.3 cm³/mol. The minimum absolute atomic E-state index is 0.119. The molecule has 0 atom stereocenters. The molecule has 3 rings (SSSR count). The first-order valence-corrected chi connectivity index (χ1v) is 7.67. The summed E-state index contributed by atoms with van der Waals surface area (Å²) in [6.45, 7) is 4.55. The van der Waals surface area contributed by atoms with Crippen LogP contribution in [0.15, 0.2) is 18.3 Å². The summed E-state index contributed by atoms with van der Waals surface area (Å²) in [7, 11) is 0. The zero-order chi connectivity index (χ0) is 15.7. The van der Waals surface area contributed by atoms with Gasteiger partial charge in [0.1, 0.15) is 11.3 Å². The number of carbonyl (C=O) groups is 1. The highest BCUT2D eigenvalue weighted by Gasteiger charge is 2.28. The highest BCUT2D eigenvalue weighted by Crippen LogP contribution is 2.35. The van der Waals surface area contributed by atoms with Crippen LogP contribution in [0.5, 0.6) is 0 Å². The third-order valence-electron chi connectivity index (χ3n) is 4.57. The molecular formula is C17H20N4O. The Balaban J connectivity index is 1.75. The SMILES string of the molecule is CC1(C)CCC(NC(=O)c2cc3c(C#N)ccnc3[nH]2)CC1. The van der Waals surface area contributed by atoms with E-state index in [4.69, 9.17) is 5.26 Å². The Bertz CT molecular complexity index is 744. The van der Waals surface area contributed by atoms with Gasteiger partial charge in [-0.15, -0.1) is 0 Å². The van der Waals surface area contributed by atoms with Gasteiger partial charge in [-0.1, -0.05) is 13.8 Å². The first-order chi connectivity index (χ1) is 10.5. The monoisotopic (exact) mass is 296 g/mol. The molecule has 5 heteroatoms. The van der Waals surface area contributed by atoms with Crippen molar-refractivity contribution < 1.29 is 4.79 Å². The van der Waals surface area contributed by atoms with Gasteiger partial charge in [-0.05, 0) is 43.2 Å². The van der Waals surface area contributed by atoms with E-state index >= 15 is 0 Å². The van der Waals surface area contributed by atoms with Gasteiger partial charge in [-0.25, -0.2) is 4.98 Å². The van der Waals surface area contributed by atoms with Crippen molar-refractivity contribution in [2.45, 2.75) is 45.6 Å². The molecule has 0 bridgehead atoms. The van der Waals surface area contributed by atoms with E-state index in [0.29, 0.717) is 27.7 Å². The second kappa shape index (κ2) is 5.45. The smallest absolute Gasteiger partial charge is 0.267 e. The maximum Gasteiger partial charge on any atom is 0.267 e. The number of H-pyrrole nitrogens is 1. The summed E-state index contributed by atoms with van der Waals surface area (Å²) in [5.74, 6) is -0.119. The van der Waals surface area contributed by atoms with Gasteiger partial charge in [0, 0.05) is 17.6 Å². The number of nitrogens with one attached hydrogen (secondary N) is 2. The van der Waals surface area contributed by atoms with Crippen LogP contribution >= 0.6 is 0 Å². The molecule has 1 fully saturated rings. The number of carbonyl (C=O) groups excluding carboxylic acids is 1. The summed E-state index contributed by atoms with van der Waals surface area (Å²) in [4.78, 5) is 19.6. The van der Waals surface area contributed by atoms with E-state index in [1.807, 2.05) is 0 Å². The van der Waals surface area contributed by atoms with Crippen molar-refractivity contribution in [3.05, 3.63) is 29.6 Å². The third kappa shape index (κ3) is 2.82. The quantitative estimate of drug-likeness (QED) is 0.893. The molecule has 1 saturated carbocycles. The summed E-state index contributed by atoms with van der Waals surface area (Å²) in [5.41, 5.74) is 1.96. The van der Waals surface area contributed by atoms with Gasteiger partial charge >= 0.3 is 0 Å². The zero-order valence-corrected chi connectivity index (χ0v) is 12.9. The van der Waals surface area contributed by atoms with Crippen molar-refractivity contribution in [1.29, 1.82) is 5.26 Å². The fourth-order valence-electron chi connectivity index (χ4n) is 3.05. The van der Waals surface area contributed by atoms with Crippen LogP contribution in [0.4, 0.5) is 0 Å². The number of rotatable bonds is 2. The summed E-state index contributed by atoms with van der Waals surface area (Å²) in [6, 6.07) is 5.72. The molecule has 0 aromatic carbocycles. The van der Waals surface area contributed by atoms with Crippen molar-refractivity contribution in [3.63, 3.8) is 0 Å². The van der Waals surface area contributed by atoms with Crippen LogP contribution < -0.4 is 5.32 Å². The Morgan fingerprint density at radius 2 is 2.18 bits per heavy atom. The lowest BCUT2D eigenvalue weighted by molar-refractivity contribution is 0.0905. The zero-order valence-electron chi connectivity index (χ0n) is 12.9. The summed E-state index contributed by atoms with van der Waals surface area (Å²) in [5, 5.41) is 12.9. The molecule has 0 saturated heterocycles. The van der Waals surface area contributed by atoms with E-state index in [2.05, 4.69) is 35.2 Å². The highest BCUT2D eigenvalue weighted by atomic mass is 16.1. The number of nitrogens with zero attached hydrogens (tertiary/aromatic N) is 2. The maximum absolute atomic E-state index is 12.4. The van der Waals surface area contributed by atoms with E-state index in [-0.39, 0.29) is 11.9 Å². The minimum atomic E-state index is -0.119. The third-order valence-corrected chi connectivity index (χ3v) is 4.57. The largest absolute Gasteiger partial charge is 0.348 e. The highest BCUT2D eigenvalue weighted by molar-refractivity contribution is 5.98. The number of fused-ring (bicyclic) bond motifs is 1. The normalized spacial score (nSPS) is 18.0. The molecule has 0 spiro atoms. The first kappa shape index (κ1) is 14.6. The van der Waals surface area contributed by atoms with Crippen LogP contribution in [0.25, 0.3) is 11.0 Å². The second-order valence-electron chi connectivity index (χ2n) is 6.83. The van der Waals surface area contributed by atoms with Gasteiger partial charge in [-0.3, -0.25) is 4.79 Å². The lowest BCUT2D eigenvalue weighted by Crippen LogP contribution is -2.39. The Morgan fingerprint density at radius 3 is 2.86 bits per heavy atom. The second-order valence-corrected chi connectivity index (χ2v) is 6.83. The topological polar surface area (TPSA) is 81.6 Å². The van der Waals surface area contributed by atoms with Crippen LogP contribution in [-0.4, -0.2) is 21.9 Å².